The molecule has 5 nitrogen and oxygen atoms in total. The number of aromatic nitrogens is 1. The van der Waals surface area contributed by atoms with Gasteiger partial charge in [0, 0.05) is 5.38 Å². The first-order chi connectivity index (χ1) is 13.4. The fourth-order valence-electron chi connectivity index (χ4n) is 2.39. The van der Waals surface area contributed by atoms with E-state index < -0.39 is 35.6 Å². The third-order valence-corrected chi connectivity index (χ3v) is 4.53. The number of halogens is 2. The minimum absolute atomic E-state index is 0.113. The maximum absolute atomic E-state index is 13.6. The molecule has 0 N–H and O–H groups in total. The van der Waals surface area contributed by atoms with Crippen LogP contribution >= 0.6 is 11.3 Å². The molecule has 3 aromatic rings. The van der Waals surface area contributed by atoms with E-state index in [2.05, 4.69) is 4.98 Å². The van der Waals surface area contributed by atoms with Crippen molar-refractivity contribution in [2.45, 2.75) is 13.5 Å². The molecule has 0 aliphatic carbocycles. The van der Waals surface area contributed by atoms with E-state index in [1.54, 1.807) is 18.2 Å². The summed E-state index contributed by atoms with van der Waals surface area (Å²) < 4.78 is 37.4. The van der Waals surface area contributed by atoms with Gasteiger partial charge in [-0.25, -0.2) is 18.6 Å². The molecule has 0 atom stereocenters. The molecule has 0 amide bonds. The molecule has 0 fully saturated rings. The summed E-state index contributed by atoms with van der Waals surface area (Å²) in [6.45, 7) is 1.32. The maximum atomic E-state index is 13.6. The Morgan fingerprint density at radius 3 is 2.64 bits per heavy atom. The van der Waals surface area contributed by atoms with Crippen LogP contribution in [0.15, 0.2) is 47.8 Å². The lowest BCUT2D eigenvalue weighted by Crippen LogP contribution is -2.16. The highest BCUT2D eigenvalue weighted by molar-refractivity contribution is 7.09. The predicted octanol–water partition coefficient (Wildman–Crippen LogP) is 4.35. The summed E-state index contributed by atoms with van der Waals surface area (Å²) >= 11 is 1.48. The first-order valence-corrected chi connectivity index (χ1v) is 9.10. The lowest BCUT2D eigenvalue weighted by molar-refractivity contribution is 0.0469. The van der Waals surface area contributed by atoms with Crippen molar-refractivity contribution < 1.29 is 27.8 Å². The van der Waals surface area contributed by atoms with Gasteiger partial charge in [-0.15, -0.1) is 11.3 Å². The Hall–Kier alpha value is -3.13. The maximum Gasteiger partial charge on any atom is 0.342 e. The zero-order valence-electron chi connectivity index (χ0n) is 14.8. The number of carbonyl (C=O) groups excluding carboxylic acids is 2. The summed E-state index contributed by atoms with van der Waals surface area (Å²) in [6, 6.07) is 8.87. The Balaban J connectivity index is 1.65. The molecule has 3 rings (SSSR count). The Labute approximate surface area is 163 Å². The van der Waals surface area contributed by atoms with Crippen LogP contribution in [0.1, 0.15) is 31.4 Å². The van der Waals surface area contributed by atoms with Crippen LogP contribution in [0.2, 0.25) is 0 Å². The highest BCUT2D eigenvalue weighted by atomic mass is 32.1. The number of carbonyl (C=O) groups is 2. The summed E-state index contributed by atoms with van der Waals surface area (Å²) in [5, 5.41) is 2.75. The van der Waals surface area contributed by atoms with E-state index >= 15 is 0 Å². The van der Waals surface area contributed by atoms with E-state index in [1.165, 1.54) is 17.4 Å². The molecule has 8 heteroatoms. The van der Waals surface area contributed by atoms with Crippen LogP contribution in [0.4, 0.5) is 8.78 Å². The monoisotopic (exact) mass is 403 g/mol. The number of ketones is 1. The average molecular weight is 403 g/mol. The minimum Gasteiger partial charge on any atom is -0.486 e. The third-order valence-electron chi connectivity index (χ3n) is 3.71. The first kappa shape index (κ1) is 19.6. The quantitative estimate of drug-likeness (QED) is 0.434. The molecule has 0 saturated carbocycles. The molecule has 0 unspecified atom stereocenters. The number of para-hydroxylation sites is 1. The number of esters is 1. The zero-order valence-corrected chi connectivity index (χ0v) is 15.6. The van der Waals surface area contributed by atoms with Crippen molar-refractivity contribution in [3.05, 3.63) is 81.3 Å². The van der Waals surface area contributed by atoms with Crippen molar-refractivity contribution in [1.29, 1.82) is 0 Å². The molecule has 28 heavy (non-hydrogen) atoms. The van der Waals surface area contributed by atoms with E-state index in [9.17, 15) is 18.4 Å². The molecule has 144 valence electrons. The summed E-state index contributed by atoms with van der Waals surface area (Å²) in [5.41, 5.74) is 0.362. The largest absolute Gasteiger partial charge is 0.486 e. The smallest absolute Gasteiger partial charge is 0.342 e. The highest BCUT2D eigenvalue weighted by Gasteiger charge is 2.18. The number of nitrogens with zero attached hydrogens (tertiary/aromatic N) is 1. The SMILES string of the molecule is Cc1nc(COc2ccccc2C(=O)OCC(=O)c2cc(F)ccc2F)cs1. The average Bonchev–Trinajstić information content (AvgIpc) is 3.11. The molecule has 0 saturated heterocycles. The number of thiazole rings is 1. The molecule has 0 radical (unpaired) electrons. The number of ether oxygens (including phenoxy) is 2. The Morgan fingerprint density at radius 2 is 1.89 bits per heavy atom. The van der Waals surface area contributed by atoms with Crippen molar-refractivity contribution >= 4 is 23.1 Å². The van der Waals surface area contributed by atoms with Gasteiger partial charge in [0.1, 0.15) is 29.6 Å². The molecule has 0 spiro atoms. The van der Waals surface area contributed by atoms with Crippen molar-refractivity contribution in [3.8, 4) is 5.75 Å². The summed E-state index contributed by atoms with van der Waals surface area (Å²) in [6.07, 6.45) is 0. The van der Waals surface area contributed by atoms with Gasteiger partial charge in [-0.3, -0.25) is 4.79 Å². The molecule has 1 aromatic heterocycles. The lowest BCUT2D eigenvalue weighted by atomic mass is 10.1. The Morgan fingerprint density at radius 1 is 1.11 bits per heavy atom. The normalized spacial score (nSPS) is 10.5. The number of hydrogen-bond donors (Lipinski definition) is 0. The number of benzene rings is 2. The molecule has 1 heterocycles. The zero-order chi connectivity index (χ0) is 20.1. The highest BCUT2D eigenvalue weighted by Crippen LogP contribution is 2.21. The van der Waals surface area contributed by atoms with E-state index in [-0.39, 0.29) is 17.9 Å². The number of rotatable bonds is 7. The van der Waals surface area contributed by atoms with Crippen LogP contribution in [-0.4, -0.2) is 23.3 Å². The summed E-state index contributed by atoms with van der Waals surface area (Å²) in [4.78, 5) is 28.6. The van der Waals surface area contributed by atoms with Gasteiger partial charge in [-0.2, -0.15) is 0 Å². The van der Waals surface area contributed by atoms with Crippen LogP contribution in [-0.2, 0) is 11.3 Å². The summed E-state index contributed by atoms with van der Waals surface area (Å²) in [5.74, 6) is -3.03. The van der Waals surface area contributed by atoms with Crippen LogP contribution in [0.3, 0.4) is 0 Å². The molecule has 0 aliphatic heterocycles. The topological polar surface area (TPSA) is 65.5 Å². The fraction of sp³-hybridized carbons (Fsp3) is 0.150. The number of Topliss-reactive ketones (excluding diaryl/α,β-unsaturated/α-hetero) is 1. The van der Waals surface area contributed by atoms with Gasteiger partial charge >= 0.3 is 5.97 Å². The molecule has 0 bridgehead atoms. The Kier molecular flexibility index (Phi) is 6.10. The summed E-state index contributed by atoms with van der Waals surface area (Å²) in [7, 11) is 0. The van der Waals surface area contributed by atoms with Crippen molar-refractivity contribution in [1.82, 2.24) is 4.98 Å². The van der Waals surface area contributed by atoms with E-state index in [0.29, 0.717) is 0 Å². The fourth-order valence-corrected chi connectivity index (χ4v) is 2.98. The Bertz CT molecular complexity index is 1020. The second kappa shape index (κ2) is 8.71. The van der Waals surface area contributed by atoms with E-state index in [0.717, 1.165) is 28.9 Å². The van der Waals surface area contributed by atoms with Crippen molar-refractivity contribution in [2.24, 2.45) is 0 Å². The van der Waals surface area contributed by atoms with Crippen LogP contribution in [0.5, 0.6) is 5.75 Å². The van der Waals surface area contributed by atoms with Crippen molar-refractivity contribution in [3.63, 3.8) is 0 Å². The van der Waals surface area contributed by atoms with Crippen LogP contribution < -0.4 is 4.74 Å². The third kappa shape index (κ3) is 4.77. The second-order valence-corrected chi connectivity index (χ2v) is 6.83. The first-order valence-electron chi connectivity index (χ1n) is 8.22. The van der Waals surface area contributed by atoms with Gasteiger partial charge in [0.25, 0.3) is 0 Å². The van der Waals surface area contributed by atoms with Gasteiger partial charge in [-0.05, 0) is 37.3 Å². The predicted molar refractivity (Wildman–Crippen MR) is 98.6 cm³/mol. The molecule has 2 aromatic carbocycles. The van der Waals surface area contributed by atoms with E-state index in [4.69, 9.17) is 9.47 Å². The van der Waals surface area contributed by atoms with Crippen LogP contribution in [0, 0.1) is 18.6 Å². The number of aryl methyl sites for hydroxylation is 1. The number of hydrogen-bond acceptors (Lipinski definition) is 6. The lowest BCUT2D eigenvalue weighted by Gasteiger charge is -2.10. The van der Waals surface area contributed by atoms with Gasteiger partial charge in [-0.1, -0.05) is 12.1 Å². The second-order valence-electron chi connectivity index (χ2n) is 5.77. The van der Waals surface area contributed by atoms with E-state index in [1.807, 2.05) is 12.3 Å². The molecule has 0 aliphatic rings. The van der Waals surface area contributed by atoms with Gasteiger partial charge in [0.2, 0.25) is 5.78 Å². The van der Waals surface area contributed by atoms with Crippen molar-refractivity contribution in [2.75, 3.05) is 6.61 Å². The molecular formula is C20H15F2NO4S. The van der Waals surface area contributed by atoms with Gasteiger partial charge < -0.3 is 9.47 Å². The van der Waals surface area contributed by atoms with Gasteiger partial charge in [0.05, 0.1) is 16.3 Å². The standard InChI is InChI=1S/C20H15F2NO4S/c1-12-23-14(11-28-12)9-26-19-5-3-2-4-15(19)20(25)27-10-18(24)16-8-13(21)6-7-17(16)22/h2-8,11H,9-10H2,1H3. The van der Waals surface area contributed by atoms with Gasteiger partial charge in [0.15, 0.2) is 6.61 Å². The minimum atomic E-state index is -0.885. The molecular weight excluding hydrogens is 388 g/mol. The van der Waals surface area contributed by atoms with Crippen LogP contribution in [0.25, 0.3) is 0 Å².